The van der Waals surface area contributed by atoms with Gasteiger partial charge < -0.3 is 4.74 Å². The molecule has 0 radical (unpaired) electrons. The molecule has 0 aliphatic carbocycles. The van der Waals surface area contributed by atoms with E-state index in [-0.39, 0.29) is 17.1 Å². The van der Waals surface area contributed by atoms with Gasteiger partial charge in [-0.15, -0.1) is 0 Å². The third kappa shape index (κ3) is 5.62. The molecule has 0 saturated carbocycles. The molecule has 8 heteroatoms. The quantitative estimate of drug-likeness (QED) is 0.352. The van der Waals surface area contributed by atoms with Gasteiger partial charge in [0, 0.05) is 24.1 Å². The van der Waals surface area contributed by atoms with Crippen molar-refractivity contribution >= 4 is 27.6 Å². The number of ether oxygens (including phenoxy) is 1. The fraction of sp³-hybridized carbons (Fsp3) is 0.375. The van der Waals surface area contributed by atoms with Gasteiger partial charge in [-0.25, -0.2) is 8.42 Å². The number of Topliss-reactive ketones (excluding diaryl/α,β-unsaturated/α-hetero) is 1. The van der Waals surface area contributed by atoms with Gasteiger partial charge in [0.2, 0.25) is 5.78 Å². The van der Waals surface area contributed by atoms with Crippen molar-refractivity contribution in [3.63, 3.8) is 0 Å². The first kappa shape index (κ1) is 23.7. The van der Waals surface area contributed by atoms with Crippen molar-refractivity contribution < 1.29 is 22.7 Å². The molecule has 32 heavy (non-hydrogen) atoms. The maximum absolute atomic E-state index is 12.5. The lowest BCUT2D eigenvalue weighted by Gasteiger charge is -2.13. The predicted octanol–water partition coefficient (Wildman–Crippen LogP) is 3.72. The second-order valence-corrected chi connectivity index (χ2v) is 9.59. The van der Waals surface area contributed by atoms with Crippen LogP contribution in [0.1, 0.15) is 59.7 Å². The lowest BCUT2D eigenvalue weighted by molar-refractivity contribution is -0.146. The topological polar surface area (TPSA) is 102 Å². The minimum atomic E-state index is -3.53. The normalized spacial score (nSPS) is 16.3. The van der Waals surface area contributed by atoms with Crippen LogP contribution >= 0.6 is 0 Å². The lowest BCUT2D eigenvalue weighted by atomic mass is 10.0. The van der Waals surface area contributed by atoms with Gasteiger partial charge in [-0.05, 0) is 62.9 Å². The van der Waals surface area contributed by atoms with Crippen molar-refractivity contribution in [2.45, 2.75) is 57.5 Å². The number of benzene rings is 2. The number of carbonyl (C=O) groups excluding carboxylic acids is 2. The maximum Gasteiger partial charge on any atom is 0.306 e. The largest absolute Gasteiger partial charge is 0.454 e. The Kier molecular flexibility index (Phi) is 7.45. The summed E-state index contributed by atoms with van der Waals surface area (Å²) in [4.78, 5) is 29.2. The number of sulfonamides is 1. The molecule has 3 rings (SSSR count). The SMILES string of the molecule is Cc1ccc(C(=O)C(C)OC(=O)CCCCCN=C2NS(=O)(=O)c3ccccc32)cc1C. The van der Waals surface area contributed by atoms with Crippen molar-refractivity contribution in [2.75, 3.05) is 6.54 Å². The van der Waals surface area contributed by atoms with E-state index in [1.165, 1.54) is 0 Å². The number of esters is 1. The summed E-state index contributed by atoms with van der Waals surface area (Å²) in [7, 11) is -3.53. The first-order valence-electron chi connectivity index (χ1n) is 10.7. The van der Waals surface area contributed by atoms with Crippen molar-refractivity contribution in [3.05, 3.63) is 64.7 Å². The van der Waals surface area contributed by atoms with Crippen molar-refractivity contribution in [1.29, 1.82) is 0 Å². The molecular weight excluding hydrogens is 428 g/mol. The summed E-state index contributed by atoms with van der Waals surface area (Å²) in [6.07, 6.45) is 1.44. The Hall–Kier alpha value is -3.00. The summed E-state index contributed by atoms with van der Waals surface area (Å²) in [6, 6.07) is 12.2. The third-order valence-electron chi connectivity index (χ3n) is 5.44. The molecule has 0 aromatic heterocycles. The van der Waals surface area contributed by atoms with Crippen LogP contribution in [0.4, 0.5) is 0 Å². The molecule has 1 atom stereocenters. The highest BCUT2D eigenvalue weighted by Gasteiger charge is 2.29. The van der Waals surface area contributed by atoms with Crippen LogP contribution < -0.4 is 4.72 Å². The van der Waals surface area contributed by atoms with E-state index >= 15 is 0 Å². The fourth-order valence-corrected chi connectivity index (χ4v) is 4.69. The number of fused-ring (bicyclic) bond motifs is 1. The number of nitrogens with zero attached hydrogens (tertiary/aromatic N) is 1. The Morgan fingerprint density at radius 3 is 2.53 bits per heavy atom. The molecule has 7 nitrogen and oxygen atoms in total. The molecule has 1 N–H and O–H groups in total. The molecule has 0 bridgehead atoms. The number of carbonyl (C=O) groups is 2. The van der Waals surface area contributed by atoms with Crippen LogP contribution in [0.5, 0.6) is 0 Å². The third-order valence-corrected chi connectivity index (χ3v) is 6.84. The summed E-state index contributed by atoms with van der Waals surface area (Å²) in [5.41, 5.74) is 3.24. The maximum atomic E-state index is 12.5. The number of ketones is 1. The molecule has 2 aromatic carbocycles. The fourth-order valence-electron chi connectivity index (χ4n) is 3.44. The summed E-state index contributed by atoms with van der Waals surface area (Å²) in [6.45, 7) is 5.95. The number of unbranched alkanes of at least 4 members (excludes halogenated alkanes) is 2. The van der Waals surface area contributed by atoms with E-state index in [1.807, 2.05) is 26.0 Å². The van der Waals surface area contributed by atoms with Gasteiger partial charge in [-0.2, -0.15) is 0 Å². The molecule has 1 unspecified atom stereocenters. The van der Waals surface area contributed by atoms with E-state index < -0.39 is 22.1 Å². The molecule has 1 aliphatic rings. The van der Waals surface area contributed by atoms with E-state index in [2.05, 4.69) is 9.71 Å². The smallest absolute Gasteiger partial charge is 0.306 e. The second kappa shape index (κ2) is 10.1. The predicted molar refractivity (Wildman–Crippen MR) is 122 cm³/mol. The molecule has 0 saturated heterocycles. The van der Waals surface area contributed by atoms with Crippen LogP contribution in [0, 0.1) is 13.8 Å². The number of hydrogen-bond donors (Lipinski definition) is 1. The monoisotopic (exact) mass is 456 g/mol. The Morgan fingerprint density at radius 1 is 1.03 bits per heavy atom. The average molecular weight is 457 g/mol. The van der Waals surface area contributed by atoms with E-state index in [9.17, 15) is 18.0 Å². The first-order valence-corrected chi connectivity index (χ1v) is 12.1. The van der Waals surface area contributed by atoms with Crippen LogP contribution in [-0.2, 0) is 19.6 Å². The Morgan fingerprint density at radius 2 is 1.78 bits per heavy atom. The number of aryl methyl sites for hydroxylation is 2. The zero-order valence-electron chi connectivity index (χ0n) is 18.6. The van der Waals surface area contributed by atoms with Gasteiger partial charge in [-0.1, -0.05) is 30.7 Å². The van der Waals surface area contributed by atoms with Gasteiger partial charge in [0.05, 0.1) is 4.90 Å². The van der Waals surface area contributed by atoms with Crippen LogP contribution in [0.25, 0.3) is 0 Å². The van der Waals surface area contributed by atoms with Crippen LogP contribution in [-0.4, -0.2) is 38.7 Å². The van der Waals surface area contributed by atoms with E-state index in [4.69, 9.17) is 4.74 Å². The van der Waals surface area contributed by atoms with Gasteiger partial charge in [0.25, 0.3) is 10.0 Å². The highest BCUT2D eigenvalue weighted by molar-refractivity contribution is 7.90. The van der Waals surface area contributed by atoms with E-state index in [0.29, 0.717) is 36.3 Å². The van der Waals surface area contributed by atoms with Crippen molar-refractivity contribution in [2.24, 2.45) is 4.99 Å². The minimum Gasteiger partial charge on any atom is -0.454 e. The molecule has 0 fully saturated rings. The second-order valence-electron chi connectivity index (χ2n) is 7.94. The number of nitrogens with one attached hydrogen (secondary N) is 1. The van der Waals surface area contributed by atoms with Gasteiger partial charge in [0.15, 0.2) is 6.10 Å². The van der Waals surface area contributed by atoms with Crippen molar-refractivity contribution in [3.8, 4) is 0 Å². The summed E-state index contributed by atoms with van der Waals surface area (Å²) >= 11 is 0. The molecule has 0 amide bonds. The highest BCUT2D eigenvalue weighted by atomic mass is 32.2. The highest BCUT2D eigenvalue weighted by Crippen LogP contribution is 2.22. The van der Waals surface area contributed by atoms with Gasteiger partial charge >= 0.3 is 5.97 Å². The summed E-state index contributed by atoms with van der Waals surface area (Å²) in [5.74, 6) is -0.256. The molecular formula is C24H28N2O5S. The van der Waals surface area contributed by atoms with Gasteiger partial charge in [-0.3, -0.25) is 19.3 Å². The molecule has 170 valence electrons. The zero-order chi connectivity index (χ0) is 23.3. The Bertz CT molecular complexity index is 1150. The Balaban J connectivity index is 1.40. The number of aliphatic imine (C=N–C) groups is 1. The molecule has 1 heterocycles. The van der Waals surface area contributed by atoms with Crippen LogP contribution in [0.3, 0.4) is 0 Å². The van der Waals surface area contributed by atoms with Gasteiger partial charge in [0.1, 0.15) is 5.84 Å². The van der Waals surface area contributed by atoms with Crippen LogP contribution in [0.15, 0.2) is 52.4 Å². The number of hydrogen-bond acceptors (Lipinski definition) is 6. The number of amidine groups is 1. The summed E-state index contributed by atoms with van der Waals surface area (Å²) < 4.78 is 31.9. The molecule has 2 aromatic rings. The van der Waals surface area contributed by atoms with Crippen LogP contribution in [0.2, 0.25) is 0 Å². The average Bonchev–Trinajstić information content (AvgIpc) is 3.02. The van der Waals surface area contributed by atoms with E-state index in [0.717, 1.165) is 17.5 Å². The van der Waals surface area contributed by atoms with E-state index in [1.54, 1.807) is 37.3 Å². The lowest BCUT2D eigenvalue weighted by Crippen LogP contribution is -2.24. The first-order chi connectivity index (χ1) is 15.2. The Labute approximate surface area is 189 Å². The van der Waals surface area contributed by atoms with Crippen molar-refractivity contribution in [1.82, 2.24) is 4.72 Å². The molecule has 1 aliphatic heterocycles. The standard InChI is InChI=1S/C24H28N2O5S/c1-16-12-13-19(15-17(16)2)23(28)18(3)31-22(27)11-5-4-8-14-25-24-20-9-6-7-10-21(20)32(29,30)26-24/h6-7,9-10,12-13,15,18H,4-5,8,11,14H2,1-3H3,(H,25,26). The minimum absolute atomic E-state index is 0.212. The number of rotatable bonds is 9. The summed E-state index contributed by atoms with van der Waals surface area (Å²) in [5, 5.41) is 0. The molecule has 0 spiro atoms. The zero-order valence-corrected chi connectivity index (χ0v) is 19.4.